The Kier molecular flexibility index (Phi) is 6.16. The quantitative estimate of drug-likeness (QED) is 0.708. The van der Waals surface area contributed by atoms with Gasteiger partial charge in [-0.25, -0.2) is 8.78 Å². The van der Waals surface area contributed by atoms with Crippen molar-refractivity contribution in [3.8, 4) is 0 Å². The topological polar surface area (TPSA) is 12.0 Å². The first-order valence-corrected chi connectivity index (χ1v) is 6.79. The van der Waals surface area contributed by atoms with Gasteiger partial charge >= 0.3 is 0 Å². The predicted octanol–water partition coefficient (Wildman–Crippen LogP) is 4.67. The number of hydrogen-bond acceptors (Lipinski definition) is 1. The molecule has 0 spiro atoms. The lowest BCUT2D eigenvalue weighted by atomic mass is 9.97. The van der Waals surface area contributed by atoms with Gasteiger partial charge in [-0.15, -0.1) is 6.58 Å². The maximum Gasteiger partial charge on any atom is 0.130 e. The van der Waals surface area contributed by atoms with Crippen molar-refractivity contribution in [2.45, 2.75) is 46.1 Å². The summed E-state index contributed by atoms with van der Waals surface area (Å²) in [5, 5.41) is 3.33. The predicted molar refractivity (Wildman–Crippen MR) is 76.2 cm³/mol. The van der Waals surface area contributed by atoms with Crippen LogP contribution in [0.15, 0.2) is 24.3 Å². The van der Waals surface area contributed by atoms with Gasteiger partial charge in [0.2, 0.25) is 0 Å². The lowest BCUT2D eigenvalue weighted by Gasteiger charge is -2.20. The van der Waals surface area contributed by atoms with E-state index in [9.17, 15) is 8.78 Å². The molecule has 0 radical (unpaired) electrons. The Morgan fingerprint density at radius 3 is 2.58 bits per heavy atom. The van der Waals surface area contributed by atoms with Crippen LogP contribution in [-0.2, 0) is 0 Å². The van der Waals surface area contributed by atoms with Crippen LogP contribution in [0.3, 0.4) is 0 Å². The van der Waals surface area contributed by atoms with Crippen LogP contribution >= 0.6 is 0 Å². The minimum absolute atomic E-state index is 0.0871. The second-order valence-corrected chi connectivity index (χ2v) is 5.13. The maximum atomic E-state index is 13.9. The smallest absolute Gasteiger partial charge is 0.130 e. The van der Waals surface area contributed by atoms with Crippen LogP contribution in [0.2, 0.25) is 0 Å². The molecule has 1 aromatic rings. The standard InChI is InChI=1S/C16H23F2N/c1-5-8-19-16(7-6-11(2)3)13-9-12(4)14(17)10-15(13)18/h9-10,16,19H,2,5-8H2,1,3-4H3. The SMILES string of the molecule is C=C(C)CCC(NCCC)c1cc(C)c(F)cc1F. The number of halogens is 2. The van der Waals surface area contributed by atoms with E-state index in [4.69, 9.17) is 0 Å². The summed E-state index contributed by atoms with van der Waals surface area (Å²) in [6, 6.07) is 2.50. The van der Waals surface area contributed by atoms with Gasteiger partial charge in [-0.05, 0) is 51.3 Å². The first-order chi connectivity index (χ1) is 8.95. The monoisotopic (exact) mass is 267 g/mol. The number of allylic oxidation sites excluding steroid dienone is 1. The summed E-state index contributed by atoms with van der Waals surface area (Å²) in [5.41, 5.74) is 2.10. The van der Waals surface area contributed by atoms with Crippen molar-refractivity contribution in [3.63, 3.8) is 0 Å². The Bertz CT molecular complexity index is 441. The number of rotatable bonds is 7. The van der Waals surface area contributed by atoms with Crippen molar-refractivity contribution in [3.05, 3.63) is 47.0 Å². The minimum atomic E-state index is -0.490. The maximum absolute atomic E-state index is 13.9. The highest BCUT2D eigenvalue weighted by atomic mass is 19.1. The molecule has 0 fully saturated rings. The molecule has 0 aromatic heterocycles. The van der Waals surface area contributed by atoms with E-state index in [0.717, 1.165) is 37.4 Å². The largest absolute Gasteiger partial charge is 0.310 e. The fourth-order valence-electron chi connectivity index (χ4n) is 2.02. The van der Waals surface area contributed by atoms with Gasteiger partial charge in [0.1, 0.15) is 11.6 Å². The molecule has 0 bridgehead atoms. The van der Waals surface area contributed by atoms with Gasteiger partial charge in [0.25, 0.3) is 0 Å². The summed E-state index contributed by atoms with van der Waals surface area (Å²) in [4.78, 5) is 0. The van der Waals surface area contributed by atoms with Crippen LogP contribution in [0.1, 0.15) is 50.3 Å². The van der Waals surface area contributed by atoms with E-state index < -0.39 is 11.6 Å². The summed E-state index contributed by atoms with van der Waals surface area (Å²) in [6.07, 6.45) is 2.58. The molecule has 1 aromatic carbocycles. The van der Waals surface area contributed by atoms with Crippen LogP contribution in [0, 0.1) is 18.6 Å². The lowest BCUT2D eigenvalue weighted by molar-refractivity contribution is 0.468. The zero-order valence-corrected chi connectivity index (χ0v) is 12.0. The number of aryl methyl sites for hydroxylation is 1. The molecule has 0 aliphatic heterocycles. The van der Waals surface area contributed by atoms with Crippen molar-refractivity contribution in [2.75, 3.05) is 6.54 Å². The van der Waals surface area contributed by atoms with Crippen molar-refractivity contribution in [1.82, 2.24) is 5.32 Å². The molecule has 1 unspecified atom stereocenters. The fraction of sp³-hybridized carbons (Fsp3) is 0.500. The highest BCUT2D eigenvalue weighted by Crippen LogP contribution is 2.25. The highest BCUT2D eigenvalue weighted by Gasteiger charge is 2.17. The van der Waals surface area contributed by atoms with Gasteiger partial charge in [-0.1, -0.05) is 12.5 Å². The molecule has 1 rings (SSSR count). The van der Waals surface area contributed by atoms with E-state index >= 15 is 0 Å². The van der Waals surface area contributed by atoms with Gasteiger partial charge in [-0.3, -0.25) is 0 Å². The normalized spacial score (nSPS) is 12.5. The molecule has 1 nitrogen and oxygen atoms in total. The molecule has 3 heteroatoms. The molecule has 0 heterocycles. The van der Waals surface area contributed by atoms with Crippen LogP contribution in [0.4, 0.5) is 8.78 Å². The zero-order chi connectivity index (χ0) is 14.4. The first-order valence-electron chi connectivity index (χ1n) is 6.79. The number of nitrogens with one attached hydrogen (secondary N) is 1. The molecule has 106 valence electrons. The Labute approximate surface area is 114 Å². The highest BCUT2D eigenvalue weighted by molar-refractivity contribution is 5.28. The van der Waals surface area contributed by atoms with Crippen molar-refractivity contribution in [2.24, 2.45) is 0 Å². The molecule has 19 heavy (non-hydrogen) atoms. The van der Waals surface area contributed by atoms with Crippen molar-refractivity contribution in [1.29, 1.82) is 0 Å². The summed E-state index contributed by atoms with van der Waals surface area (Å²) in [7, 11) is 0. The van der Waals surface area contributed by atoms with Crippen molar-refractivity contribution >= 4 is 0 Å². The summed E-state index contributed by atoms with van der Waals surface area (Å²) < 4.78 is 27.2. The lowest BCUT2D eigenvalue weighted by Crippen LogP contribution is -2.23. The zero-order valence-electron chi connectivity index (χ0n) is 12.0. The van der Waals surface area contributed by atoms with E-state index in [1.807, 2.05) is 6.92 Å². The average Bonchev–Trinajstić information content (AvgIpc) is 2.34. The van der Waals surface area contributed by atoms with Crippen molar-refractivity contribution < 1.29 is 8.78 Å². The van der Waals surface area contributed by atoms with Gasteiger partial charge in [0, 0.05) is 17.7 Å². The summed E-state index contributed by atoms with van der Waals surface area (Å²) in [6.45, 7) is 10.4. The first kappa shape index (κ1) is 15.8. The fourth-order valence-corrected chi connectivity index (χ4v) is 2.02. The van der Waals surface area contributed by atoms with Crippen LogP contribution in [-0.4, -0.2) is 6.54 Å². The molecule has 0 saturated carbocycles. The molecule has 1 N–H and O–H groups in total. The Morgan fingerprint density at radius 2 is 2.00 bits per heavy atom. The van der Waals surface area contributed by atoms with E-state index in [1.165, 1.54) is 0 Å². The van der Waals surface area contributed by atoms with E-state index in [2.05, 4.69) is 18.8 Å². The third-order valence-electron chi connectivity index (χ3n) is 3.15. The van der Waals surface area contributed by atoms with Gasteiger partial charge < -0.3 is 5.32 Å². The van der Waals surface area contributed by atoms with Crippen LogP contribution in [0.25, 0.3) is 0 Å². The Balaban J connectivity index is 2.95. The van der Waals surface area contributed by atoms with E-state index in [-0.39, 0.29) is 6.04 Å². The Hall–Kier alpha value is -1.22. The molecule has 1 atom stereocenters. The molecular weight excluding hydrogens is 244 g/mol. The third-order valence-corrected chi connectivity index (χ3v) is 3.15. The van der Waals surface area contributed by atoms with Crippen LogP contribution in [0.5, 0.6) is 0 Å². The molecule has 0 aliphatic carbocycles. The second kappa shape index (κ2) is 7.39. The van der Waals surface area contributed by atoms with E-state index in [0.29, 0.717) is 11.1 Å². The average molecular weight is 267 g/mol. The number of hydrogen-bond donors (Lipinski definition) is 1. The Morgan fingerprint density at radius 1 is 1.32 bits per heavy atom. The molecular formula is C16H23F2N. The molecule has 0 aliphatic rings. The summed E-state index contributed by atoms with van der Waals surface area (Å²) in [5.74, 6) is -0.964. The number of benzene rings is 1. The van der Waals surface area contributed by atoms with E-state index in [1.54, 1.807) is 13.0 Å². The second-order valence-electron chi connectivity index (χ2n) is 5.13. The molecule has 0 amide bonds. The van der Waals surface area contributed by atoms with Crippen LogP contribution < -0.4 is 5.32 Å². The van der Waals surface area contributed by atoms with Gasteiger partial charge in [0.15, 0.2) is 0 Å². The van der Waals surface area contributed by atoms with Gasteiger partial charge in [-0.2, -0.15) is 0 Å². The van der Waals surface area contributed by atoms with Gasteiger partial charge in [0.05, 0.1) is 0 Å². The summed E-state index contributed by atoms with van der Waals surface area (Å²) >= 11 is 0. The minimum Gasteiger partial charge on any atom is -0.310 e. The molecule has 0 saturated heterocycles. The third kappa shape index (κ3) is 4.75.